The van der Waals surface area contributed by atoms with Crippen molar-refractivity contribution in [2.24, 2.45) is 0 Å². The van der Waals surface area contributed by atoms with Gasteiger partial charge in [0.2, 0.25) is 0 Å². The summed E-state index contributed by atoms with van der Waals surface area (Å²) in [6, 6.07) is 0. The van der Waals surface area contributed by atoms with Gasteiger partial charge in [0.15, 0.2) is 6.10 Å². The molecule has 5 heteroatoms. The van der Waals surface area contributed by atoms with Crippen LogP contribution in [0.2, 0.25) is 0 Å². The van der Waals surface area contributed by atoms with E-state index in [0.717, 1.165) is 32.1 Å². The summed E-state index contributed by atoms with van der Waals surface area (Å²) in [5.41, 5.74) is 0. The summed E-state index contributed by atoms with van der Waals surface area (Å²) in [5.74, 6) is -0.369. The van der Waals surface area contributed by atoms with Crippen LogP contribution in [-0.2, 0) is 23.8 Å². The third-order valence-corrected chi connectivity index (χ3v) is 12.4. The SMILES string of the molecule is CCCCCCCCCCCCCCCCCCOC[C@H](COC(=O)CCCCCCCCCCCCCC)OC(=O)CCCCCCCCCCCCCCCCC. The number of carbonyl (C=O) groups excluding carboxylic acids is 2. The lowest BCUT2D eigenvalue weighted by molar-refractivity contribution is -0.163. The minimum absolute atomic E-state index is 0.0979. The molecule has 0 aromatic rings. The average Bonchev–Trinajstić information content (AvgIpc) is 3.24. The lowest BCUT2D eigenvalue weighted by Crippen LogP contribution is -2.30. The van der Waals surface area contributed by atoms with E-state index < -0.39 is 6.10 Å². The molecule has 0 aliphatic rings. The zero-order valence-corrected chi connectivity index (χ0v) is 40.6. The van der Waals surface area contributed by atoms with E-state index in [1.807, 2.05) is 0 Å². The van der Waals surface area contributed by atoms with Crippen LogP contribution in [0.5, 0.6) is 0 Å². The molecule has 0 unspecified atom stereocenters. The summed E-state index contributed by atoms with van der Waals surface area (Å²) >= 11 is 0. The molecular formula is C54H106O5. The van der Waals surface area contributed by atoms with Crippen LogP contribution in [0.3, 0.4) is 0 Å². The molecule has 0 spiro atoms. The van der Waals surface area contributed by atoms with Crippen LogP contribution in [0.4, 0.5) is 0 Å². The van der Waals surface area contributed by atoms with Crippen molar-refractivity contribution < 1.29 is 23.8 Å². The molecule has 0 saturated heterocycles. The quantitative estimate of drug-likeness (QED) is 0.0451. The fourth-order valence-corrected chi connectivity index (χ4v) is 8.34. The molecule has 0 fully saturated rings. The van der Waals surface area contributed by atoms with Crippen LogP contribution in [0, 0.1) is 0 Å². The first kappa shape index (κ1) is 57.9. The van der Waals surface area contributed by atoms with Gasteiger partial charge in [0, 0.05) is 19.4 Å². The maximum Gasteiger partial charge on any atom is 0.306 e. The molecule has 0 radical (unpaired) electrons. The Bertz CT molecular complexity index is 815. The molecule has 5 nitrogen and oxygen atoms in total. The number of hydrogen-bond donors (Lipinski definition) is 0. The van der Waals surface area contributed by atoms with Gasteiger partial charge in [-0.25, -0.2) is 0 Å². The summed E-state index contributed by atoms with van der Waals surface area (Å²) in [5, 5.41) is 0. The molecule has 0 aliphatic heterocycles. The van der Waals surface area contributed by atoms with E-state index in [-0.39, 0.29) is 18.5 Å². The lowest BCUT2D eigenvalue weighted by Gasteiger charge is -2.18. The van der Waals surface area contributed by atoms with Gasteiger partial charge in [-0.2, -0.15) is 0 Å². The predicted molar refractivity (Wildman–Crippen MR) is 256 cm³/mol. The third-order valence-electron chi connectivity index (χ3n) is 12.4. The molecule has 59 heavy (non-hydrogen) atoms. The summed E-state index contributed by atoms with van der Waals surface area (Å²) in [4.78, 5) is 25.4. The number of carbonyl (C=O) groups is 2. The largest absolute Gasteiger partial charge is 0.462 e. The second kappa shape index (κ2) is 51.3. The molecular weight excluding hydrogens is 729 g/mol. The number of ether oxygens (including phenoxy) is 3. The molecule has 0 rings (SSSR count). The Morgan fingerprint density at radius 3 is 0.864 bits per heavy atom. The van der Waals surface area contributed by atoms with E-state index in [1.165, 1.54) is 244 Å². The van der Waals surface area contributed by atoms with E-state index in [1.54, 1.807) is 0 Å². The highest BCUT2D eigenvalue weighted by atomic mass is 16.6. The van der Waals surface area contributed by atoms with Crippen molar-refractivity contribution >= 4 is 11.9 Å². The Labute approximate surface area is 370 Å². The highest BCUT2D eigenvalue weighted by Crippen LogP contribution is 2.17. The molecule has 0 N–H and O–H groups in total. The van der Waals surface area contributed by atoms with Crippen LogP contribution in [0.25, 0.3) is 0 Å². The molecule has 0 aliphatic carbocycles. The van der Waals surface area contributed by atoms with Gasteiger partial charge in [-0.05, 0) is 19.3 Å². The number of esters is 2. The minimum Gasteiger partial charge on any atom is -0.462 e. The molecule has 0 saturated carbocycles. The van der Waals surface area contributed by atoms with Crippen LogP contribution < -0.4 is 0 Å². The van der Waals surface area contributed by atoms with Crippen molar-refractivity contribution in [1.82, 2.24) is 0 Å². The molecule has 0 amide bonds. The predicted octanol–water partition coefficient (Wildman–Crippen LogP) is 18.1. The van der Waals surface area contributed by atoms with Crippen molar-refractivity contribution in [3.63, 3.8) is 0 Å². The highest BCUT2D eigenvalue weighted by molar-refractivity contribution is 5.70. The van der Waals surface area contributed by atoms with Gasteiger partial charge in [-0.3, -0.25) is 9.59 Å². The van der Waals surface area contributed by atoms with Gasteiger partial charge in [0.1, 0.15) is 6.61 Å². The topological polar surface area (TPSA) is 61.8 Å². The Balaban J connectivity index is 4.18. The van der Waals surface area contributed by atoms with Gasteiger partial charge < -0.3 is 14.2 Å². The average molecular weight is 835 g/mol. The molecule has 1 atom stereocenters. The van der Waals surface area contributed by atoms with Gasteiger partial charge in [0.25, 0.3) is 0 Å². The van der Waals surface area contributed by atoms with Crippen LogP contribution in [-0.4, -0.2) is 37.9 Å². The summed E-state index contributed by atoms with van der Waals surface area (Å²) < 4.78 is 17.4. The second-order valence-electron chi connectivity index (χ2n) is 18.5. The fourth-order valence-electron chi connectivity index (χ4n) is 8.34. The first-order valence-corrected chi connectivity index (χ1v) is 27.1. The van der Waals surface area contributed by atoms with E-state index in [4.69, 9.17) is 14.2 Å². The molecule has 0 bridgehead atoms. The molecule has 0 heterocycles. The Hall–Kier alpha value is -1.10. The van der Waals surface area contributed by atoms with E-state index in [2.05, 4.69) is 20.8 Å². The van der Waals surface area contributed by atoms with Gasteiger partial charge in [-0.1, -0.05) is 278 Å². The van der Waals surface area contributed by atoms with Gasteiger partial charge >= 0.3 is 11.9 Å². The Kier molecular flexibility index (Phi) is 50.3. The first-order valence-electron chi connectivity index (χ1n) is 27.1. The Morgan fingerprint density at radius 1 is 0.305 bits per heavy atom. The number of hydrogen-bond acceptors (Lipinski definition) is 5. The van der Waals surface area contributed by atoms with Crippen LogP contribution in [0.15, 0.2) is 0 Å². The fraction of sp³-hybridized carbons (Fsp3) is 0.963. The van der Waals surface area contributed by atoms with Crippen molar-refractivity contribution in [1.29, 1.82) is 0 Å². The first-order chi connectivity index (χ1) is 29.1. The smallest absolute Gasteiger partial charge is 0.306 e. The van der Waals surface area contributed by atoms with Crippen molar-refractivity contribution in [3.05, 3.63) is 0 Å². The third kappa shape index (κ3) is 49.4. The van der Waals surface area contributed by atoms with Crippen molar-refractivity contribution in [2.75, 3.05) is 19.8 Å². The standard InChI is InChI=1S/C54H106O5/c1-4-7-10-13-16-19-22-25-27-29-31-34-37-40-43-46-49-57-50-52(51-58-53(55)47-44-41-38-35-32-24-21-18-15-12-9-6-3)59-54(56)48-45-42-39-36-33-30-28-26-23-20-17-14-11-8-5-2/h52H,4-51H2,1-3H3/t52-/m1/s1. The summed E-state index contributed by atoms with van der Waals surface area (Å²) in [6.45, 7) is 7.91. The molecule has 352 valence electrons. The Morgan fingerprint density at radius 2 is 0.559 bits per heavy atom. The maximum atomic E-state index is 12.8. The lowest BCUT2D eigenvalue weighted by atomic mass is 10.0. The van der Waals surface area contributed by atoms with Crippen LogP contribution in [0.1, 0.15) is 310 Å². The van der Waals surface area contributed by atoms with Crippen molar-refractivity contribution in [3.8, 4) is 0 Å². The monoisotopic (exact) mass is 835 g/mol. The maximum absolute atomic E-state index is 12.8. The van der Waals surface area contributed by atoms with E-state index >= 15 is 0 Å². The minimum atomic E-state index is -0.522. The zero-order valence-electron chi connectivity index (χ0n) is 40.6. The van der Waals surface area contributed by atoms with Crippen LogP contribution >= 0.6 is 0 Å². The summed E-state index contributed by atoms with van der Waals surface area (Å²) in [7, 11) is 0. The molecule has 0 aromatic carbocycles. The second-order valence-corrected chi connectivity index (χ2v) is 18.5. The zero-order chi connectivity index (χ0) is 42.8. The van der Waals surface area contributed by atoms with E-state index in [0.29, 0.717) is 26.1 Å². The van der Waals surface area contributed by atoms with Gasteiger partial charge in [-0.15, -0.1) is 0 Å². The molecule has 0 aromatic heterocycles. The van der Waals surface area contributed by atoms with Crippen molar-refractivity contribution in [2.45, 2.75) is 316 Å². The summed E-state index contributed by atoms with van der Waals surface area (Å²) in [6.07, 6.45) is 56.8. The number of unbranched alkanes of at least 4 members (excludes halogenated alkanes) is 40. The number of rotatable bonds is 51. The van der Waals surface area contributed by atoms with Gasteiger partial charge in [0.05, 0.1) is 6.61 Å². The van der Waals surface area contributed by atoms with E-state index in [9.17, 15) is 9.59 Å². The normalized spacial score (nSPS) is 12.0. The highest BCUT2D eigenvalue weighted by Gasteiger charge is 2.17.